The third-order valence-corrected chi connectivity index (χ3v) is 18.2. The Bertz CT molecular complexity index is 336. The highest BCUT2D eigenvalue weighted by Crippen LogP contribution is 2.62. The highest BCUT2D eigenvalue weighted by molar-refractivity contribution is 7.94. The van der Waals surface area contributed by atoms with Crippen LogP contribution < -0.4 is 0 Å². The van der Waals surface area contributed by atoms with Crippen molar-refractivity contribution < 1.29 is 0 Å². The zero-order chi connectivity index (χ0) is 12.0. The molecule has 1 aliphatic rings. The molecule has 0 aromatic rings. The highest BCUT2D eigenvalue weighted by Gasteiger charge is 2.47. The lowest BCUT2D eigenvalue weighted by atomic mass is 10.0. The molecule has 15 heavy (non-hydrogen) atoms. The lowest BCUT2D eigenvalue weighted by Crippen LogP contribution is -2.37. The Kier molecular flexibility index (Phi) is 3.39. The largest absolute Gasteiger partial charge is 0.124 e. The van der Waals surface area contributed by atoms with Crippen LogP contribution >= 0.6 is 7.47 Å². The Balaban J connectivity index is 3.28. The van der Waals surface area contributed by atoms with Gasteiger partial charge in [0.25, 0.3) is 0 Å². The Morgan fingerprint density at radius 2 is 1.60 bits per heavy atom. The molecule has 86 valence electrons. The van der Waals surface area contributed by atoms with Gasteiger partial charge < -0.3 is 0 Å². The molecule has 0 radical (unpaired) electrons. The topological polar surface area (TPSA) is 0 Å². The molecule has 0 heterocycles. The maximum absolute atomic E-state index is 2.56. The molecule has 0 saturated carbocycles. The van der Waals surface area contributed by atoms with Crippen LogP contribution in [0.1, 0.15) is 27.7 Å². The first-order valence-electron chi connectivity index (χ1n) is 5.70. The minimum Gasteiger partial charge on any atom is -0.124 e. The van der Waals surface area contributed by atoms with E-state index in [-0.39, 0.29) is 7.47 Å². The molecule has 0 aromatic carbocycles. The minimum atomic E-state index is -1.19. The van der Waals surface area contributed by atoms with Gasteiger partial charge in [-0.2, -0.15) is 0 Å². The Labute approximate surface area is 97.5 Å². The van der Waals surface area contributed by atoms with Gasteiger partial charge >= 0.3 is 0 Å². The van der Waals surface area contributed by atoms with Crippen LogP contribution in [0.25, 0.3) is 0 Å². The second kappa shape index (κ2) is 3.86. The fraction of sp³-hybridized carbons (Fsp3) is 0.692. The summed E-state index contributed by atoms with van der Waals surface area (Å²) in [5, 5.41) is 0.399. The zero-order valence-corrected chi connectivity index (χ0v) is 13.4. The SMILES string of the molecule is CC1=CC(C)([Si](C)(C)P(C)C)C(C)=C1C. The second-order valence-corrected chi connectivity index (χ2v) is 17.7. The number of hydrogen-bond acceptors (Lipinski definition) is 0. The predicted molar refractivity (Wildman–Crippen MR) is 76.7 cm³/mol. The normalized spacial score (nSPS) is 27.7. The van der Waals surface area contributed by atoms with Crippen LogP contribution in [0.5, 0.6) is 0 Å². The van der Waals surface area contributed by atoms with Crippen molar-refractivity contribution in [3.63, 3.8) is 0 Å². The van der Waals surface area contributed by atoms with E-state index in [1.807, 2.05) is 0 Å². The maximum atomic E-state index is 2.56. The molecule has 0 spiro atoms. The molecule has 0 fully saturated rings. The molecule has 2 heteroatoms. The third kappa shape index (κ3) is 1.78. The molecule has 1 atom stereocenters. The van der Waals surface area contributed by atoms with E-state index in [9.17, 15) is 0 Å². The van der Waals surface area contributed by atoms with E-state index in [1.165, 1.54) is 11.1 Å². The van der Waals surface area contributed by atoms with E-state index in [4.69, 9.17) is 0 Å². The Morgan fingerprint density at radius 3 is 1.87 bits per heavy atom. The van der Waals surface area contributed by atoms with Crippen LogP contribution in [0, 0.1) is 0 Å². The average molecular weight is 240 g/mol. The quantitative estimate of drug-likeness (QED) is 0.471. The summed E-state index contributed by atoms with van der Waals surface area (Å²) in [7, 11) is -0.996. The third-order valence-electron chi connectivity index (χ3n) is 4.83. The van der Waals surface area contributed by atoms with Gasteiger partial charge in [-0.25, -0.2) is 0 Å². The van der Waals surface area contributed by atoms with Crippen LogP contribution in [0.3, 0.4) is 0 Å². The summed E-state index contributed by atoms with van der Waals surface area (Å²) in [6.45, 7) is 19.4. The van der Waals surface area contributed by atoms with Crippen molar-refractivity contribution in [2.45, 2.75) is 45.8 Å². The number of rotatable bonds is 2. The molecular weight excluding hydrogens is 215 g/mol. The lowest BCUT2D eigenvalue weighted by molar-refractivity contribution is 0.866. The van der Waals surface area contributed by atoms with Crippen molar-refractivity contribution >= 4 is 15.2 Å². The average Bonchev–Trinajstić information content (AvgIpc) is 2.31. The summed E-state index contributed by atoms with van der Waals surface area (Å²) >= 11 is 0. The van der Waals surface area contributed by atoms with E-state index >= 15 is 0 Å². The van der Waals surface area contributed by atoms with Gasteiger partial charge in [0.2, 0.25) is 0 Å². The van der Waals surface area contributed by atoms with E-state index in [1.54, 1.807) is 5.57 Å². The molecule has 1 aliphatic carbocycles. The van der Waals surface area contributed by atoms with Crippen LogP contribution in [0.4, 0.5) is 0 Å². The van der Waals surface area contributed by atoms with Crippen LogP contribution in [-0.2, 0) is 0 Å². The van der Waals surface area contributed by atoms with Gasteiger partial charge in [-0.15, -0.1) is 7.47 Å². The van der Waals surface area contributed by atoms with Crippen molar-refractivity contribution in [1.82, 2.24) is 0 Å². The minimum absolute atomic E-state index is 0.192. The van der Waals surface area contributed by atoms with Gasteiger partial charge in [0.15, 0.2) is 0 Å². The van der Waals surface area contributed by atoms with Gasteiger partial charge in [-0.05, 0) is 39.7 Å². The number of allylic oxidation sites excluding steroid dienone is 4. The van der Waals surface area contributed by atoms with E-state index in [2.05, 4.69) is 60.2 Å². The fourth-order valence-electron chi connectivity index (χ4n) is 2.43. The Hall–Kier alpha value is 0.127. The predicted octanol–water partition coefficient (Wildman–Crippen LogP) is 4.99. The first-order valence-corrected chi connectivity index (χ1v) is 11.8. The molecule has 0 amide bonds. The second-order valence-electron chi connectivity index (χ2n) is 5.73. The highest BCUT2D eigenvalue weighted by atomic mass is 31.4. The van der Waals surface area contributed by atoms with Gasteiger partial charge in [0, 0.05) is 5.04 Å². The molecule has 0 nitrogen and oxygen atoms in total. The smallest absolute Gasteiger partial charge is 0.0884 e. The maximum Gasteiger partial charge on any atom is 0.0884 e. The van der Waals surface area contributed by atoms with Crippen molar-refractivity contribution in [1.29, 1.82) is 0 Å². The van der Waals surface area contributed by atoms with E-state index in [0.29, 0.717) is 5.04 Å². The Morgan fingerprint density at radius 1 is 1.13 bits per heavy atom. The molecule has 1 rings (SSSR count). The zero-order valence-electron chi connectivity index (χ0n) is 11.5. The monoisotopic (exact) mass is 240 g/mol. The number of hydrogen-bond donors (Lipinski definition) is 0. The summed E-state index contributed by atoms with van der Waals surface area (Å²) < 4.78 is 0. The first-order chi connectivity index (χ1) is 6.64. The molecular formula is C13H25PSi. The van der Waals surface area contributed by atoms with Crippen molar-refractivity contribution in [3.05, 3.63) is 22.8 Å². The van der Waals surface area contributed by atoms with Gasteiger partial charge in [-0.3, -0.25) is 0 Å². The summed E-state index contributed by atoms with van der Waals surface area (Å²) in [6.07, 6.45) is 2.55. The molecule has 0 N–H and O–H groups in total. The van der Waals surface area contributed by atoms with Crippen molar-refractivity contribution in [2.24, 2.45) is 0 Å². The first kappa shape index (κ1) is 13.2. The molecule has 0 aliphatic heterocycles. The molecule has 0 saturated heterocycles. The van der Waals surface area contributed by atoms with Gasteiger partial charge in [0.1, 0.15) is 0 Å². The lowest BCUT2D eigenvalue weighted by Gasteiger charge is -2.43. The van der Waals surface area contributed by atoms with E-state index < -0.39 is 7.74 Å². The van der Waals surface area contributed by atoms with Crippen LogP contribution in [0.2, 0.25) is 18.1 Å². The van der Waals surface area contributed by atoms with Crippen molar-refractivity contribution in [2.75, 3.05) is 13.3 Å². The van der Waals surface area contributed by atoms with Crippen molar-refractivity contribution in [3.8, 4) is 0 Å². The summed E-state index contributed by atoms with van der Waals surface area (Å²) in [5.74, 6) is 0. The van der Waals surface area contributed by atoms with E-state index in [0.717, 1.165) is 0 Å². The molecule has 0 bridgehead atoms. The summed E-state index contributed by atoms with van der Waals surface area (Å²) in [4.78, 5) is 0. The standard InChI is InChI=1S/C13H25PSi/c1-10-9-13(4,12(3)11(10)2)15(7,8)14(5)6/h9H,1-8H3. The van der Waals surface area contributed by atoms with Gasteiger partial charge in [-0.1, -0.05) is 37.2 Å². The molecule has 0 aromatic heterocycles. The summed E-state index contributed by atoms with van der Waals surface area (Å²) in [6, 6.07) is 0. The van der Waals surface area contributed by atoms with Gasteiger partial charge in [0.05, 0.1) is 7.74 Å². The molecule has 1 unspecified atom stereocenters. The van der Waals surface area contributed by atoms with Crippen LogP contribution in [0.15, 0.2) is 22.8 Å². The fourth-order valence-corrected chi connectivity index (χ4v) is 8.52. The summed E-state index contributed by atoms with van der Waals surface area (Å²) in [5.41, 5.74) is 4.68. The van der Waals surface area contributed by atoms with Crippen LogP contribution in [-0.4, -0.2) is 21.1 Å².